The van der Waals surface area contributed by atoms with Crippen molar-refractivity contribution in [2.75, 3.05) is 32.7 Å². The maximum atomic E-state index is 12.8. The van der Waals surface area contributed by atoms with E-state index in [1.807, 2.05) is 12.1 Å². The molecule has 1 aromatic carbocycles. The summed E-state index contributed by atoms with van der Waals surface area (Å²) in [6, 6.07) is 7.15. The average Bonchev–Trinajstić information content (AvgIpc) is 2.99. The third-order valence-corrected chi connectivity index (χ3v) is 7.00. The Bertz CT molecular complexity index is 820. The molecule has 1 aromatic rings. The number of benzene rings is 1. The maximum absolute atomic E-state index is 12.8. The molecule has 0 heterocycles. The highest BCUT2D eigenvalue weighted by molar-refractivity contribution is 6.07. The zero-order chi connectivity index (χ0) is 30.6. The summed E-state index contributed by atoms with van der Waals surface area (Å²) in [6.07, 6.45) is 19.4. The fourth-order valence-electron chi connectivity index (χ4n) is 4.49. The van der Waals surface area contributed by atoms with Crippen LogP contribution < -0.4 is 10.6 Å². The van der Waals surface area contributed by atoms with E-state index in [1.165, 1.54) is 77.0 Å². The van der Waals surface area contributed by atoms with Gasteiger partial charge in [-0.15, -0.1) is 0 Å². The minimum atomic E-state index is -0.981. The van der Waals surface area contributed by atoms with E-state index in [1.54, 1.807) is 12.1 Å². The second kappa shape index (κ2) is 27.5. The SMILES string of the molecule is C=CC(=O)O.CCCCCCCCCCCCNC(=O)c1ccccc1C(=O)NCCCN(CCCC)CCCC. The molecular weight excluding hydrogens is 514 g/mol. The first-order chi connectivity index (χ1) is 19.9. The first-order valence-electron chi connectivity index (χ1n) is 16.1. The molecule has 0 saturated carbocycles. The zero-order valence-corrected chi connectivity index (χ0v) is 26.4. The lowest BCUT2D eigenvalue weighted by atomic mass is 10.1. The molecule has 0 atom stereocenters. The molecule has 0 aliphatic heterocycles. The van der Waals surface area contributed by atoms with Crippen molar-refractivity contribution >= 4 is 17.8 Å². The number of nitrogens with zero attached hydrogens (tertiary/aromatic N) is 1. The number of rotatable bonds is 24. The van der Waals surface area contributed by atoms with Gasteiger partial charge in [-0.05, 0) is 57.5 Å². The van der Waals surface area contributed by atoms with E-state index < -0.39 is 5.97 Å². The van der Waals surface area contributed by atoms with Crippen LogP contribution in [-0.4, -0.2) is 60.5 Å². The molecule has 0 bridgehead atoms. The zero-order valence-electron chi connectivity index (χ0n) is 26.4. The van der Waals surface area contributed by atoms with Crippen LogP contribution in [0.3, 0.4) is 0 Å². The summed E-state index contributed by atoms with van der Waals surface area (Å²) in [7, 11) is 0. The molecule has 7 heteroatoms. The topological polar surface area (TPSA) is 98.7 Å². The summed E-state index contributed by atoms with van der Waals surface area (Å²) in [6.45, 7) is 14.2. The lowest BCUT2D eigenvalue weighted by Gasteiger charge is -2.22. The van der Waals surface area contributed by atoms with Gasteiger partial charge in [0.1, 0.15) is 0 Å². The van der Waals surface area contributed by atoms with Crippen molar-refractivity contribution in [3.8, 4) is 0 Å². The number of hydrogen-bond donors (Lipinski definition) is 3. The monoisotopic (exact) mass is 573 g/mol. The number of carbonyl (C=O) groups excluding carboxylic acids is 2. The number of amides is 2. The average molecular weight is 574 g/mol. The quantitative estimate of drug-likeness (QED) is 0.0873. The van der Waals surface area contributed by atoms with Gasteiger partial charge in [0.15, 0.2) is 0 Å². The molecule has 234 valence electrons. The van der Waals surface area contributed by atoms with Crippen molar-refractivity contribution in [1.29, 1.82) is 0 Å². The molecule has 0 aliphatic carbocycles. The molecule has 7 nitrogen and oxygen atoms in total. The lowest BCUT2D eigenvalue weighted by molar-refractivity contribution is -0.131. The highest BCUT2D eigenvalue weighted by atomic mass is 16.4. The Morgan fingerprint density at radius 1 is 0.659 bits per heavy atom. The number of carboxylic acids is 1. The summed E-state index contributed by atoms with van der Waals surface area (Å²) in [5.41, 5.74) is 0.932. The second-order valence-corrected chi connectivity index (χ2v) is 10.7. The molecule has 0 fully saturated rings. The summed E-state index contributed by atoms with van der Waals surface area (Å²) < 4.78 is 0. The maximum Gasteiger partial charge on any atom is 0.327 e. The molecule has 0 aliphatic rings. The Morgan fingerprint density at radius 2 is 1.02 bits per heavy atom. The molecule has 0 unspecified atom stereocenters. The fraction of sp³-hybridized carbons (Fsp3) is 0.676. The first-order valence-corrected chi connectivity index (χ1v) is 16.1. The molecule has 2 amide bonds. The number of carbonyl (C=O) groups is 3. The normalized spacial score (nSPS) is 10.5. The van der Waals surface area contributed by atoms with Crippen LogP contribution in [-0.2, 0) is 4.79 Å². The van der Waals surface area contributed by atoms with Gasteiger partial charge in [0.05, 0.1) is 11.1 Å². The molecule has 3 N–H and O–H groups in total. The van der Waals surface area contributed by atoms with Crippen molar-refractivity contribution < 1.29 is 19.5 Å². The second-order valence-electron chi connectivity index (χ2n) is 10.7. The van der Waals surface area contributed by atoms with E-state index in [0.29, 0.717) is 24.2 Å². The molecule has 0 aromatic heterocycles. The number of carboxylic acid groups (broad SMARTS) is 1. The van der Waals surface area contributed by atoms with Crippen LogP contribution in [0, 0.1) is 0 Å². The van der Waals surface area contributed by atoms with Crippen LogP contribution in [0.25, 0.3) is 0 Å². The molecule has 0 radical (unpaired) electrons. The van der Waals surface area contributed by atoms with Gasteiger partial charge in [0.25, 0.3) is 11.8 Å². The highest BCUT2D eigenvalue weighted by Crippen LogP contribution is 2.11. The van der Waals surface area contributed by atoms with Crippen molar-refractivity contribution in [3.63, 3.8) is 0 Å². The molecule has 1 rings (SSSR count). The Labute approximate surface area is 250 Å². The molecule has 0 saturated heterocycles. The van der Waals surface area contributed by atoms with Gasteiger partial charge >= 0.3 is 5.97 Å². The summed E-state index contributed by atoms with van der Waals surface area (Å²) in [5.74, 6) is -1.29. The van der Waals surface area contributed by atoms with Crippen LogP contribution in [0.5, 0.6) is 0 Å². The van der Waals surface area contributed by atoms with E-state index >= 15 is 0 Å². The molecule has 0 spiro atoms. The summed E-state index contributed by atoms with van der Waals surface area (Å²) in [5, 5.41) is 13.6. The van der Waals surface area contributed by atoms with Gasteiger partial charge in [-0.3, -0.25) is 9.59 Å². The van der Waals surface area contributed by atoms with Crippen molar-refractivity contribution in [1.82, 2.24) is 15.5 Å². The van der Waals surface area contributed by atoms with Gasteiger partial charge in [0.2, 0.25) is 0 Å². The smallest absolute Gasteiger partial charge is 0.327 e. The third-order valence-electron chi connectivity index (χ3n) is 7.00. The Kier molecular flexibility index (Phi) is 25.7. The van der Waals surface area contributed by atoms with Crippen LogP contribution >= 0.6 is 0 Å². The standard InChI is InChI=1S/C31H55N3O2.C3H4O2/c1-4-7-10-11-12-13-14-15-16-19-23-32-30(35)28-21-17-18-22-29(28)31(36)33-24-20-27-34(25-8-5-2)26-9-6-3;1-2-3(4)5/h17-18,21-22H,4-16,19-20,23-27H2,1-3H3,(H,32,35)(H,33,36);2H,1H2,(H,4,5). The summed E-state index contributed by atoms with van der Waals surface area (Å²) in [4.78, 5) is 37.3. The van der Waals surface area contributed by atoms with Gasteiger partial charge in [0, 0.05) is 19.2 Å². The van der Waals surface area contributed by atoms with Gasteiger partial charge in [-0.2, -0.15) is 0 Å². The number of hydrogen-bond acceptors (Lipinski definition) is 4. The van der Waals surface area contributed by atoms with Crippen molar-refractivity contribution in [2.24, 2.45) is 0 Å². The van der Waals surface area contributed by atoms with Crippen molar-refractivity contribution in [3.05, 3.63) is 48.0 Å². The van der Waals surface area contributed by atoms with Crippen molar-refractivity contribution in [2.45, 2.75) is 117 Å². The minimum Gasteiger partial charge on any atom is -0.478 e. The molecule has 41 heavy (non-hydrogen) atoms. The van der Waals surface area contributed by atoms with E-state index in [9.17, 15) is 14.4 Å². The predicted octanol–water partition coefficient (Wildman–Crippen LogP) is 7.62. The number of aliphatic carboxylic acids is 1. The third kappa shape index (κ3) is 21.7. The predicted molar refractivity (Wildman–Crippen MR) is 172 cm³/mol. The van der Waals surface area contributed by atoms with Crippen LogP contribution in [0.1, 0.15) is 138 Å². The largest absolute Gasteiger partial charge is 0.478 e. The van der Waals surface area contributed by atoms with Crippen LogP contribution in [0.4, 0.5) is 0 Å². The fourth-order valence-corrected chi connectivity index (χ4v) is 4.49. The van der Waals surface area contributed by atoms with E-state index in [0.717, 1.165) is 45.0 Å². The van der Waals surface area contributed by atoms with Crippen LogP contribution in [0.15, 0.2) is 36.9 Å². The van der Waals surface area contributed by atoms with E-state index in [4.69, 9.17) is 5.11 Å². The number of nitrogens with one attached hydrogen (secondary N) is 2. The van der Waals surface area contributed by atoms with Gasteiger partial charge < -0.3 is 20.6 Å². The Balaban J connectivity index is 0.00000292. The highest BCUT2D eigenvalue weighted by Gasteiger charge is 2.16. The Hall–Kier alpha value is -2.67. The van der Waals surface area contributed by atoms with E-state index in [2.05, 4.69) is 42.9 Å². The van der Waals surface area contributed by atoms with Gasteiger partial charge in [-0.25, -0.2) is 4.79 Å². The molecular formula is C34H59N3O4. The number of unbranched alkanes of at least 4 members (excludes halogenated alkanes) is 11. The van der Waals surface area contributed by atoms with Crippen LogP contribution in [0.2, 0.25) is 0 Å². The minimum absolute atomic E-state index is 0.151. The Morgan fingerprint density at radius 3 is 1.44 bits per heavy atom. The first kappa shape index (κ1) is 38.3. The lowest BCUT2D eigenvalue weighted by Crippen LogP contribution is -2.33. The summed E-state index contributed by atoms with van der Waals surface area (Å²) >= 11 is 0. The van der Waals surface area contributed by atoms with Gasteiger partial charge in [-0.1, -0.05) is 110 Å². The van der Waals surface area contributed by atoms with E-state index in [-0.39, 0.29) is 11.8 Å².